The van der Waals surface area contributed by atoms with Gasteiger partial charge < -0.3 is 0 Å². The molecule has 0 aliphatic carbocycles. The number of aromatic amines is 1. The van der Waals surface area contributed by atoms with Crippen molar-refractivity contribution in [3.05, 3.63) is 48.8 Å². The van der Waals surface area contributed by atoms with Crippen LogP contribution in [0.3, 0.4) is 0 Å². The zero-order valence-electron chi connectivity index (χ0n) is 7.01. The Morgan fingerprint density at radius 3 is 2.85 bits per heavy atom. The van der Waals surface area contributed by atoms with Crippen molar-refractivity contribution in [2.24, 2.45) is 0 Å². The average Bonchev–Trinajstić information content (AvgIpc) is 2.59. The van der Waals surface area contributed by atoms with Gasteiger partial charge in [0.15, 0.2) is 5.65 Å². The van der Waals surface area contributed by atoms with Crippen molar-refractivity contribution < 1.29 is 0 Å². The van der Waals surface area contributed by atoms with Gasteiger partial charge >= 0.3 is 0 Å². The SMILES string of the molecule is c1cccnc2[nH]ncc2ccc1. The Bertz CT molecular complexity index is 406. The highest BCUT2D eigenvalue weighted by atomic mass is 15.1. The molecule has 2 aromatic heterocycles. The van der Waals surface area contributed by atoms with Crippen molar-refractivity contribution in [3.63, 3.8) is 0 Å². The normalized spacial score (nSPS) is 9.54. The molecule has 2 aromatic rings. The van der Waals surface area contributed by atoms with Gasteiger partial charge in [0, 0.05) is 11.6 Å². The molecule has 0 saturated heterocycles. The van der Waals surface area contributed by atoms with Gasteiger partial charge in [0.25, 0.3) is 0 Å². The smallest absolute Gasteiger partial charge is 0.155 e. The van der Waals surface area contributed by atoms with Crippen molar-refractivity contribution in [3.8, 4) is 0 Å². The van der Waals surface area contributed by atoms with Gasteiger partial charge in [-0.15, -0.1) is 0 Å². The van der Waals surface area contributed by atoms with Crippen molar-refractivity contribution >= 4 is 11.0 Å². The molecule has 0 atom stereocenters. The summed E-state index contributed by atoms with van der Waals surface area (Å²) >= 11 is 0. The van der Waals surface area contributed by atoms with Gasteiger partial charge in [-0.1, -0.05) is 24.3 Å². The van der Waals surface area contributed by atoms with E-state index in [-0.39, 0.29) is 0 Å². The number of rotatable bonds is 0. The second kappa shape index (κ2) is 3.67. The molecule has 0 amide bonds. The lowest BCUT2D eigenvalue weighted by Crippen LogP contribution is -1.69. The van der Waals surface area contributed by atoms with E-state index in [0.717, 1.165) is 11.0 Å². The lowest BCUT2D eigenvalue weighted by atomic mass is 10.4. The van der Waals surface area contributed by atoms with Crippen LogP contribution in [0.1, 0.15) is 0 Å². The van der Waals surface area contributed by atoms with E-state index in [9.17, 15) is 0 Å². The van der Waals surface area contributed by atoms with Gasteiger partial charge in [-0.25, -0.2) is 4.98 Å². The summed E-state index contributed by atoms with van der Waals surface area (Å²) in [6.07, 6.45) is 3.49. The van der Waals surface area contributed by atoms with E-state index in [4.69, 9.17) is 0 Å². The highest BCUT2D eigenvalue weighted by molar-refractivity contribution is 5.71. The van der Waals surface area contributed by atoms with Crippen molar-refractivity contribution in [2.45, 2.75) is 0 Å². The third-order valence-corrected chi connectivity index (χ3v) is 1.66. The Morgan fingerprint density at radius 2 is 1.85 bits per heavy atom. The fraction of sp³-hybridized carbons (Fsp3) is 0. The zero-order chi connectivity index (χ0) is 8.93. The first-order valence-electron chi connectivity index (χ1n) is 4.04. The summed E-state index contributed by atoms with van der Waals surface area (Å²) in [5, 5.41) is 7.72. The molecule has 0 aliphatic heterocycles. The molecule has 64 valence electrons. The molecule has 1 N–H and O–H groups in total. The summed E-state index contributed by atoms with van der Waals surface area (Å²) in [6, 6.07) is 11.6. The molecule has 0 spiro atoms. The summed E-state index contributed by atoms with van der Waals surface area (Å²) in [5.41, 5.74) is 0.788. The van der Waals surface area contributed by atoms with Crippen LogP contribution >= 0.6 is 0 Å². The monoisotopic (exact) mass is 171 g/mol. The Balaban J connectivity index is 2.74. The van der Waals surface area contributed by atoms with Crippen LogP contribution < -0.4 is 0 Å². The Hall–Kier alpha value is -1.90. The van der Waals surface area contributed by atoms with Crippen LogP contribution in [0, 0.1) is 0 Å². The fourth-order valence-corrected chi connectivity index (χ4v) is 1.03. The van der Waals surface area contributed by atoms with E-state index in [1.807, 2.05) is 36.4 Å². The molecule has 13 heavy (non-hydrogen) atoms. The molecule has 2 rings (SSSR count). The number of hydrogen-bond donors (Lipinski definition) is 1. The molecule has 3 nitrogen and oxygen atoms in total. The molecule has 0 aromatic carbocycles. The third-order valence-electron chi connectivity index (χ3n) is 1.66. The third kappa shape index (κ3) is 1.82. The van der Waals surface area contributed by atoms with Crippen molar-refractivity contribution in [2.75, 3.05) is 0 Å². The van der Waals surface area contributed by atoms with Crippen LogP contribution in [0.25, 0.3) is 11.0 Å². The summed E-state index contributed by atoms with van der Waals surface area (Å²) < 4.78 is 0. The van der Waals surface area contributed by atoms with Crippen LogP contribution in [0.4, 0.5) is 0 Å². The second-order valence-electron chi connectivity index (χ2n) is 2.58. The van der Waals surface area contributed by atoms with Gasteiger partial charge in [-0.05, 0) is 12.1 Å². The van der Waals surface area contributed by atoms with Gasteiger partial charge in [0.05, 0.1) is 6.20 Å². The van der Waals surface area contributed by atoms with Gasteiger partial charge in [0.1, 0.15) is 0 Å². The summed E-state index contributed by atoms with van der Waals surface area (Å²) in [4.78, 5) is 4.19. The minimum absolute atomic E-state index is 0.788. The number of nitrogens with zero attached hydrogens (tertiary/aromatic N) is 2. The van der Waals surface area contributed by atoms with E-state index >= 15 is 0 Å². The Kier molecular flexibility index (Phi) is 2.18. The van der Waals surface area contributed by atoms with E-state index < -0.39 is 0 Å². The lowest BCUT2D eigenvalue weighted by molar-refractivity contribution is 1.10. The van der Waals surface area contributed by atoms with Crippen LogP contribution in [0.5, 0.6) is 0 Å². The van der Waals surface area contributed by atoms with E-state index in [0.29, 0.717) is 0 Å². The predicted octanol–water partition coefficient (Wildman–Crippen LogP) is 2.08. The quantitative estimate of drug-likeness (QED) is 0.659. The van der Waals surface area contributed by atoms with E-state index in [1.165, 1.54) is 0 Å². The Morgan fingerprint density at radius 1 is 1.00 bits per heavy atom. The van der Waals surface area contributed by atoms with Crippen LogP contribution in [-0.2, 0) is 0 Å². The highest BCUT2D eigenvalue weighted by Crippen LogP contribution is 2.01. The molecular formula is C10H9N3. The minimum atomic E-state index is 0.788. The van der Waals surface area contributed by atoms with Crippen LogP contribution in [-0.4, -0.2) is 15.2 Å². The topological polar surface area (TPSA) is 41.6 Å². The Labute approximate surface area is 75.8 Å². The van der Waals surface area contributed by atoms with Gasteiger partial charge in [0.2, 0.25) is 0 Å². The maximum Gasteiger partial charge on any atom is 0.155 e. The molecule has 3 heteroatoms. The first-order chi connectivity index (χ1) is 6.47. The number of H-pyrrole nitrogens is 1. The summed E-state index contributed by atoms with van der Waals surface area (Å²) in [6.45, 7) is 0. The minimum Gasteiger partial charge on any atom is -0.261 e. The van der Waals surface area contributed by atoms with E-state index in [2.05, 4.69) is 15.2 Å². The summed E-state index contributed by atoms with van der Waals surface area (Å²) in [7, 11) is 0. The molecule has 0 radical (unpaired) electrons. The fourth-order valence-electron chi connectivity index (χ4n) is 1.03. The van der Waals surface area contributed by atoms with Crippen molar-refractivity contribution in [1.29, 1.82) is 0 Å². The van der Waals surface area contributed by atoms with Crippen molar-refractivity contribution in [1.82, 2.24) is 15.2 Å². The first-order valence-corrected chi connectivity index (χ1v) is 4.04. The average molecular weight is 171 g/mol. The molecule has 0 aliphatic rings. The largest absolute Gasteiger partial charge is 0.261 e. The zero-order valence-corrected chi connectivity index (χ0v) is 7.01. The standard InChI is InChI=1S/C10H9N3/c1-2-4-6-9-8-12-13-10(9)11-7-5-3-1/h1-8H,(H,11,12,13). The van der Waals surface area contributed by atoms with E-state index in [1.54, 1.807) is 12.4 Å². The number of fused-ring (bicyclic) bond motifs is 1. The molecular weight excluding hydrogens is 162 g/mol. The molecule has 2 heterocycles. The maximum atomic E-state index is 4.19. The lowest BCUT2D eigenvalue weighted by Gasteiger charge is -1.78. The predicted molar refractivity (Wildman–Crippen MR) is 51.5 cm³/mol. The second-order valence-corrected chi connectivity index (χ2v) is 2.58. The number of hydrogen-bond acceptors (Lipinski definition) is 2. The molecule has 0 bridgehead atoms. The van der Waals surface area contributed by atoms with Gasteiger partial charge in [-0.2, -0.15) is 5.10 Å². The molecule has 0 fully saturated rings. The summed E-state index contributed by atoms with van der Waals surface area (Å²) in [5.74, 6) is 0. The van der Waals surface area contributed by atoms with Crippen LogP contribution in [0.15, 0.2) is 48.8 Å². The highest BCUT2D eigenvalue weighted by Gasteiger charge is 1.87. The molecule has 0 unspecified atom stereocenters. The number of nitrogens with one attached hydrogen (secondary N) is 1. The first kappa shape index (κ1) is 7.73. The maximum absolute atomic E-state index is 4.19. The molecule has 0 saturated carbocycles. The number of aromatic nitrogens is 3. The van der Waals surface area contributed by atoms with Gasteiger partial charge in [-0.3, -0.25) is 5.10 Å². The van der Waals surface area contributed by atoms with Crippen LogP contribution in [0.2, 0.25) is 0 Å².